The number of nitrogens with one attached hydrogen (secondary N) is 2. The largest absolute Gasteiger partial charge is 0.480 e. The molecule has 0 aromatic heterocycles. The van der Waals surface area contributed by atoms with E-state index >= 15 is 0 Å². The van der Waals surface area contributed by atoms with E-state index in [2.05, 4.69) is 10.6 Å². The predicted molar refractivity (Wildman–Crippen MR) is 134 cm³/mol. The zero-order valence-corrected chi connectivity index (χ0v) is 21.0. The van der Waals surface area contributed by atoms with Crippen molar-refractivity contribution in [1.82, 2.24) is 10.2 Å². The topological polar surface area (TPSA) is 125 Å². The number of rotatable bonds is 8. The number of carbonyl (C=O) groups excluding carboxylic acids is 3. The second kappa shape index (κ2) is 12.1. The summed E-state index contributed by atoms with van der Waals surface area (Å²) in [6.45, 7) is 1.84. The summed E-state index contributed by atoms with van der Waals surface area (Å²) >= 11 is 13.5. The summed E-state index contributed by atoms with van der Waals surface area (Å²) in [6, 6.07) is 9.22. The molecule has 2 atom stereocenters. The molecule has 1 aliphatic heterocycles. The predicted octanol–water partition coefficient (Wildman–Crippen LogP) is 3.89. The summed E-state index contributed by atoms with van der Waals surface area (Å²) in [4.78, 5) is 50.4. The van der Waals surface area contributed by atoms with E-state index in [1.165, 1.54) is 16.7 Å². The van der Waals surface area contributed by atoms with Gasteiger partial charge in [-0.25, -0.2) is 9.59 Å². The van der Waals surface area contributed by atoms with Crippen molar-refractivity contribution in [3.63, 3.8) is 0 Å². The Morgan fingerprint density at radius 2 is 1.80 bits per heavy atom. The van der Waals surface area contributed by atoms with Gasteiger partial charge in [-0.15, -0.1) is 11.8 Å². The van der Waals surface area contributed by atoms with Gasteiger partial charge in [0.05, 0.1) is 28.1 Å². The van der Waals surface area contributed by atoms with Crippen LogP contribution in [-0.4, -0.2) is 64.2 Å². The van der Waals surface area contributed by atoms with Gasteiger partial charge in [-0.2, -0.15) is 0 Å². The first kappa shape index (κ1) is 26.7. The van der Waals surface area contributed by atoms with Crippen LogP contribution in [0.4, 0.5) is 10.5 Å². The number of benzene rings is 2. The fourth-order valence-electron chi connectivity index (χ4n) is 3.38. The Kier molecular flexibility index (Phi) is 9.25. The highest BCUT2D eigenvalue weighted by Gasteiger charge is 2.37. The summed E-state index contributed by atoms with van der Waals surface area (Å²) in [7, 11) is 0. The summed E-state index contributed by atoms with van der Waals surface area (Å²) in [6.07, 6.45) is -0.606. The van der Waals surface area contributed by atoms with Gasteiger partial charge in [-0.05, 0) is 36.8 Å². The second-order valence-electron chi connectivity index (χ2n) is 7.54. The first-order chi connectivity index (χ1) is 16.7. The number of nitrogens with zero attached hydrogens (tertiary/aromatic N) is 1. The number of carboxylic acids is 1. The number of hydrogen-bond donors (Lipinski definition) is 3. The number of anilines is 1. The monoisotopic (exact) mass is 539 g/mol. The van der Waals surface area contributed by atoms with E-state index in [0.29, 0.717) is 22.9 Å². The number of amides is 3. The van der Waals surface area contributed by atoms with Crippen LogP contribution in [0.15, 0.2) is 42.5 Å². The maximum Gasteiger partial charge on any atom is 0.411 e. The fraction of sp³-hybridized carbons (Fsp3) is 0.304. The van der Waals surface area contributed by atoms with Crippen LogP contribution in [0.2, 0.25) is 10.0 Å². The van der Waals surface area contributed by atoms with Crippen LogP contribution in [0.25, 0.3) is 0 Å². The summed E-state index contributed by atoms with van der Waals surface area (Å²) in [5, 5.41) is 15.3. The summed E-state index contributed by atoms with van der Waals surface area (Å²) in [5.74, 6) is -1.61. The average Bonchev–Trinajstić information content (AvgIpc) is 3.30. The van der Waals surface area contributed by atoms with Crippen LogP contribution in [-0.2, 0) is 20.7 Å². The van der Waals surface area contributed by atoms with Gasteiger partial charge in [-0.1, -0.05) is 41.4 Å². The lowest BCUT2D eigenvalue weighted by Crippen LogP contribution is -2.52. The second-order valence-corrected chi connectivity index (χ2v) is 9.35. The van der Waals surface area contributed by atoms with E-state index in [1.54, 1.807) is 49.4 Å². The Labute approximate surface area is 216 Å². The van der Waals surface area contributed by atoms with Crippen molar-refractivity contribution in [3.05, 3.63) is 63.6 Å². The standard InChI is InChI=1S/C23H23Cl2N3O6S/c1-2-34-23(33)28-12-35-11-18(28)20(29)27-17(22(31)32)10-13-6-8-14(9-7-13)26-21(30)19-15(24)4-3-5-16(19)25/h3-9,17-18H,2,10-12H2,1H3,(H,26,30)(H,27,29)(H,31,32)/t17-,18+/m0/s1. The van der Waals surface area contributed by atoms with E-state index in [0.717, 1.165) is 0 Å². The number of thioether (sulfide) groups is 1. The third kappa shape index (κ3) is 6.81. The van der Waals surface area contributed by atoms with Crippen LogP contribution in [0.5, 0.6) is 0 Å². The first-order valence-corrected chi connectivity index (χ1v) is 12.5. The van der Waals surface area contributed by atoms with Gasteiger partial charge in [-0.3, -0.25) is 14.5 Å². The zero-order valence-electron chi connectivity index (χ0n) is 18.6. The highest BCUT2D eigenvalue weighted by Crippen LogP contribution is 2.26. The van der Waals surface area contributed by atoms with Crippen LogP contribution in [0, 0.1) is 0 Å². The van der Waals surface area contributed by atoms with Gasteiger partial charge in [0.1, 0.15) is 12.1 Å². The molecule has 1 saturated heterocycles. The van der Waals surface area contributed by atoms with Crippen LogP contribution < -0.4 is 10.6 Å². The molecule has 0 saturated carbocycles. The first-order valence-electron chi connectivity index (χ1n) is 10.6. The minimum atomic E-state index is -1.21. The van der Waals surface area contributed by atoms with Gasteiger partial charge >= 0.3 is 12.1 Å². The van der Waals surface area contributed by atoms with Crippen molar-refractivity contribution in [2.75, 3.05) is 23.6 Å². The number of aliphatic carboxylic acids is 1. The molecule has 35 heavy (non-hydrogen) atoms. The molecule has 1 aliphatic rings. The molecule has 3 rings (SSSR count). The Balaban J connectivity index is 1.63. The maximum absolute atomic E-state index is 12.7. The highest BCUT2D eigenvalue weighted by molar-refractivity contribution is 7.99. The van der Waals surface area contributed by atoms with E-state index < -0.39 is 36.0 Å². The van der Waals surface area contributed by atoms with Crippen molar-refractivity contribution in [1.29, 1.82) is 0 Å². The number of carboxylic acid groups (broad SMARTS) is 1. The molecule has 0 unspecified atom stereocenters. The van der Waals surface area contributed by atoms with E-state index in [9.17, 15) is 24.3 Å². The number of ether oxygens (including phenoxy) is 1. The quantitative estimate of drug-likeness (QED) is 0.464. The highest BCUT2D eigenvalue weighted by atomic mass is 35.5. The summed E-state index contributed by atoms with van der Waals surface area (Å²) in [5.41, 5.74) is 1.23. The third-order valence-corrected chi connectivity index (χ3v) is 6.79. The molecule has 1 fully saturated rings. The van der Waals surface area contributed by atoms with Gasteiger partial charge in [0, 0.05) is 17.9 Å². The molecule has 3 amide bonds. The number of halogens is 2. The minimum Gasteiger partial charge on any atom is -0.480 e. The van der Waals surface area contributed by atoms with Crippen molar-refractivity contribution >= 4 is 64.5 Å². The molecule has 3 N–H and O–H groups in total. The van der Waals surface area contributed by atoms with Gasteiger partial charge in [0.15, 0.2) is 0 Å². The molecule has 0 bridgehead atoms. The Bertz CT molecular complexity index is 1090. The van der Waals surface area contributed by atoms with Crippen molar-refractivity contribution in [2.24, 2.45) is 0 Å². The van der Waals surface area contributed by atoms with Crippen LogP contribution in [0.1, 0.15) is 22.8 Å². The average molecular weight is 540 g/mol. The number of carbonyl (C=O) groups is 4. The smallest absolute Gasteiger partial charge is 0.411 e. The van der Waals surface area contributed by atoms with Crippen molar-refractivity contribution in [2.45, 2.75) is 25.4 Å². The Morgan fingerprint density at radius 1 is 1.14 bits per heavy atom. The van der Waals surface area contributed by atoms with Crippen molar-refractivity contribution < 1.29 is 29.0 Å². The Hall–Kier alpha value is -2.95. The molecule has 9 nitrogen and oxygen atoms in total. The van der Waals surface area contributed by atoms with Crippen molar-refractivity contribution in [3.8, 4) is 0 Å². The Morgan fingerprint density at radius 3 is 2.40 bits per heavy atom. The lowest BCUT2D eigenvalue weighted by Gasteiger charge is -2.24. The molecular formula is C23H23Cl2N3O6S. The summed E-state index contributed by atoms with van der Waals surface area (Å²) < 4.78 is 4.97. The molecular weight excluding hydrogens is 517 g/mol. The van der Waals surface area contributed by atoms with E-state index in [1.807, 2.05) is 0 Å². The van der Waals surface area contributed by atoms with Gasteiger partial charge < -0.3 is 20.5 Å². The van der Waals surface area contributed by atoms with Gasteiger partial charge in [0.25, 0.3) is 5.91 Å². The molecule has 186 valence electrons. The van der Waals surface area contributed by atoms with Crippen LogP contribution in [0.3, 0.4) is 0 Å². The fourth-order valence-corrected chi connectivity index (χ4v) is 5.09. The molecule has 12 heteroatoms. The van der Waals surface area contributed by atoms with Gasteiger partial charge in [0.2, 0.25) is 5.91 Å². The lowest BCUT2D eigenvalue weighted by molar-refractivity contribution is -0.142. The van der Waals surface area contributed by atoms with E-state index in [4.69, 9.17) is 27.9 Å². The maximum atomic E-state index is 12.7. The zero-order chi connectivity index (χ0) is 25.5. The molecule has 2 aromatic carbocycles. The molecule has 0 aliphatic carbocycles. The molecule has 2 aromatic rings. The molecule has 0 spiro atoms. The minimum absolute atomic E-state index is 0.00487. The lowest BCUT2D eigenvalue weighted by atomic mass is 10.0. The molecule has 1 heterocycles. The SMILES string of the molecule is CCOC(=O)N1CSC[C@@H]1C(=O)N[C@@H](Cc1ccc(NC(=O)c2c(Cl)cccc2Cl)cc1)C(=O)O. The van der Waals surface area contributed by atoms with E-state index in [-0.39, 0.29) is 28.6 Å². The van der Waals surface area contributed by atoms with Crippen LogP contribution >= 0.6 is 35.0 Å². The third-order valence-electron chi connectivity index (χ3n) is 5.14. The number of hydrogen-bond acceptors (Lipinski definition) is 6. The normalized spacial score (nSPS) is 15.9. The molecule has 0 radical (unpaired) electrons.